The second kappa shape index (κ2) is 5.63. The molecule has 0 spiro atoms. The predicted molar refractivity (Wildman–Crippen MR) is 72.1 cm³/mol. The number of aromatic nitrogens is 2. The molecule has 0 fully saturated rings. The topological polar surface area (TPSA) is 66.6 Å². The van der Waals surface area contributed by atoms with Gasteiger partial charge in [0.2, 0.25) is 0 Å². The number of benzene rings is 1. The van der Waals surface area contributed by atoms with Crippen molar-refractivity contribution in [3.05, 3.63) is 47.3 Å². The fourth-order valence-electron chi connectivity index (χ4n) is 1.50. The van der Waals surface area contributed by atoms with Crippen LogP contribution < -0.4 is 0 Å². The van der Waals surface area contributed by atoms with Crippen molar-refractivity contribution in [3.8, 4) is 6.07 Å². The number of rotatable bonds is 3. The van der Waals surface area contributed by atoms with Crippen molar-refractivity contribution in [1.82, 2.24) is 9.97 Å². The molecule has 1 aromatic carbocycles. The Morgan fingerprint density at radius 3 is 2.58 bits per heavy atom. The van der Waals surface area contributed by atoms with Gasteiger partial charge in [-0.3, -0.25) is 4.79 Å². The van der Waals surface area contributed by atoms with Crippen molar-refractivity contribution in [2.75, 3.05) is 0 Å². The second-order valence-corrected chi connectivity index (χ2v) is 5.03. The summed E-state index contributed by atoms with van der Waals surface area (Å²) in [4.78, 5) is 20.7. The van der Waals surface area contributed by atoms with E-state index in [1.54, 1.807) is 30.6 Å². The number of hydrogen-bond donors (Lipinski definition) is 0. The first-order valence-electron chi connectivity index (χ1n) is 5.61. The zero-order chi connectivity index (χ0) is 13.8. The molecule has 0 saturated heterocycles. The average Bonchev–Trinajstić information content (AvgIpc) is 2.41. The monoisotopic (exact) mass is 269 g/mol. The highest BCUT2D eigenvalue weighted by Gasteiger charge is 2.11. The number of aryl methyl sites for hydroxylation is 1. The normalized spacial score (nSPS) is 9.95. The molecule has 1 aromatic heterocycles. The first kappa shape index (κ1) is 13.2. The third-order valence-corrected chi connectivity index (χ3v) is 3.40. The number of Topliss-reactive ketones (excluding diaryl/α,β-unsaturated/α-hetero) is 1. The smallest absolute Gasteiger partial charge is 0.192 e. The average molecular weight is 269 g/mol. The molecule has 19 heavy (non-hydrogen) atoms. The molecule has 5 heteroatoms. The minimum Gasteiger partial charge on any atom is -0.294 e. The molecule has 1 heterocycles. The summed E-state index contributed by atoms with van der Waals surface area (Å²) in [5.41, 5.74) is 2.06. The summed E-state index contributed by atoms with van der Waals surface area (Å²) in [5.74, 6) is -0.0425. The maximum atomic E-state index is 11.6. The molecule has 0 N–H and O–H groups in total. The Balaban J connectivity index is 2.40. The van der Waals surface area contributed by atoms with Gasteiger partial charge in [0, 0.05) is 22.9 Å². The zero-order valence-electron chi connectivity index (χ0n) is 10.5. The number of ketones is 1. The van der Waals surface area contributed by atoms with Gasteiger partial charge in [0.1, 0.15) is 0 Å². The Morgan fingerprint density at radius 1 is 1.32 bits per heavy atom. The van der Waals surface area contributed by atoms with Crippen molar-refractivity contribution in [2.24, 2.45) is 0 Å². The molecule has 0 amide bonds. The largest absolute Gasteiger partial charge is 0.294 e. The van der Waals surface area contributed by atoms with Crippen LogP contribution in [0, 0.1) is 18.3 Å². The van der Waals surface area contributed by atoms with Crippen LogP contribution in [-0.4, -0.2) is 15.8 Å². The quantitative estimate of drug-likeness (QED) is 0.633. The molecular formula is C14H11N3OS. The molecular weight excluding hydrogens is 258 g/mol. The summed E-state index contributed by atoms with van der Waals surface area (Å²) in [7, 11) is 0. The molecule has 0 aliphatic heterocycles. The van der Waals surface area contributed by atoms with Crippen LogP contribution in [0.5, 0.6) is 0 Å². The number of carbonyl (C=O) groups excluding carboxylic acids is 1. The van der Waals surface area contributed by atoms with E-state index in [0.29, 0.717) is 21.2 Å². The van der Waals surface area contributed by atoms with Crippen LogP contribution in [0.1, 0.15) is 28.4 Å². The third kappa shape index (κ3) is 3.18. The zero-order valence-corrected chi connectivity index (χ0v) is 11.4. The highest BCUT2D eigenvalue weighted by atomic mass is 32.2. The molecule has 0 unspecified atom stereocenters. The fourth-order valence-corrected chi connectivity index (χ4v) is 2.41. The SMILES string of the molecule is CC(=O)c1ccc(C#N)cc1Sc1ncc(C)cn1. The lowest BCUT2D eigenvalue weighted by Gasteiger charge is -2.06. The van der Waals surface area contributed by atoms with E-state index in [1.165, 1.54) is 18.7 Å². The maximum absolute atomic E-state index is 11.6. The Hall–Kier alpha value is -2.19. The molecule has 2 aromatic rings. The number of hydrogen-bond acceptors (Lipinski definition) is 5. The van der Waals surface area contributed by atoms with Gasteiger partial charge in [-0.15, -0.1) is 0 Å². The summed E-state index contributed by atoms with van der Waals surface area (Å²) >= 11 is 1.29. The van der Waals surface area contributed by atoms with E-state index in [9.17, 15) is 4.79 Å². The Bertz CT molecular complexity index is 659. The molecule has 0 atom stereocenters. The van der Waals surface area contributed by atoms with Crippen molar-refractivity contribution < 1.29 is 4.79 Å². The summed E-state index contributed by atoms with van der Waals surface area (Å²) in [6, 6.07) is 7.05. The molecule has 0 aliphatic rings. The molecule has 94 valence electrons. The van der Waals surface area contributed by atoms with Gasteiger partial charge in [-0.25, -0.2) is 9.97 Å². The molecule has 4 nitrogen and oxygen atoms in total. The maximum Gasteiger partial charge on any atom is 0.192 e. The first-order valence-corrected chi connectivity index (χ1v) is 6.43. The fraction of sp³-hybridized carbons (Fsp3) is 0.143. The van der Waals surface area contributed by atoms with Crippen molar-refractivity contribution in [3.63, 3.8) is 0 Å². The lowest BCUT2D eigenvalue weighted by molar-refractivity contribution is 0.101. The molecule has 0 bridgehead atoms. The van der Waals surface area contributed by atoms with E-state index in [1.807, 2.05) is 6.92 Å². The molecule has 0 aliphatic carbocycles. The predicted octanol–water partition coefficient (Wildman–Crippen LogP) is 3.01. The summed E-state index contributed by atoms with van der Waals surface area (Å²) in [5, 5.41) is 9.48. The minimum atomic E-state index is -0.0425. The Labute approximate surface area is 115 Å². The van der Waals surface area contributed by atoms with E-state index in [-0.39, 0.29) is 5.78 Å². The first-order chi connectivity index (χ1) is 9.10. The van der Waals surface area contributed by atoms with Gasteiger partial charge < -0.3 is 0 Å². The molecule has 0 radical (unpaired) electrons. The lowest BCUT2D eigenvalue weighted by Crippen LogP contribution is -1.97. The van der Waals surface area contributed by atoms with Gasteiger partial charge in [-0.1, -0.05) is 0 Å². The van der Waals surface area contributed by atoms with Gasteiger partial charge >= 0.3 is 0 Å². The molecule has 2 rings (SSSR count). The third-order valence-electron chi connectivity index (χ3n) is 2.45. The summed E-state index contributed by atoms with van der Waals surface area (Å²) in [6.07, 6.45) is 3.44. The minimum absolute atomic E-state index is 0.0425. The van der Waals surface area contributed by atoms with Crippen LogP contribution in [0.25, 0.3) is 0 Å². The second-order valence-electron chi connectivity index (χ2n) is 4.02. The van der Waals surface area contributed by atoms with Crippen molar-refractivity contribution in [2.45, 2.75) is 23.9 Å². The highest BCUT2D eigenvalue weighted by Crippen LogP contribution is 2.29. The number of carbonyl (C=O) groups is 1. The summed E-state index contributed by atoms with van der Waals surface area (Å²) < 4.78 is 0. The lowest BCUT2D eigenvalue weighted by atomic mass is 10.1. The van der Waals surface area contributed by atoms with Crippen LogP contribution in [0.3, 0.4) is 0 Å². The van der Waals surface area contributed by atoms with E-state index in [4.69, 9.17) is 5.26 Å². The number of nitriles is 1. The van der Waals surface area contributed by atoms with Gasteiger partial charge in [-0.2, -0.15) is 5.26 Å². The van der Waals surface area contributed by atoms with Gasteiger partial charge in [0.25, 0.3) is 0 Å². The number of nitrogens with zero attached hydrogens (tertiary/aromatic N) is 3. The molecule has 0 saturated carbocycles. The Kier molecular flexibility index (Phi) is 3.93. The van der Waals surface area contributed by atoms with Crippen LogP contribution in [0.15, 0.2) is 40.6 Å². The summed E-state index contributed by atoms with van der Waals surface area (Å²) in [6.45, 7) is 3.41. The Morgan fingerprint density at radius 2 is 2.00 bits per heavy atom. The van der Waals surface area contributed by atoms with Gasteiger partial charge in [0.15, 0.2) is 10.9 Å². The van der Waals surface area contributed by atoms with Crippen molar-refractivity contribution in [1.29, 1.82) is 5.26 Å². The van der Waals surface area contributed by atoms with Crippen LogP contribution in [0.4, 0.5) is 0 Å². The van der Waals surface area contributed by atoms with Gasteiger partial charge in [0.05, 0.1) is 11.6 Å². The van der Waals surface area contributed by atoms with Crippen molar-refractivity contribution >= 4 is 17.5 Å². The van der Waals surface area contributed by atoms with E-state index in [0.717, 1.165) is 5.56 Å². The highest BCUT2D eigenvalue weighted by molar-refractivity contribution is 7.99. The van der Waals surface area contributed by atoms with Crippen LogP contribution >= 0.6 is 11.8 Å². The standard InChI is InChI=1S/C14H11N3OS/c1-9-7-16-14(17-8-9)19-13-5-11(6-15)3-4-12(13)10(2)18/h3-5,7-8H,1-2H3. The van der Waals surface area contributed by atoms with Crippen LogP contribution in [0.2, 0.25) is 0 Å². The van der Waals surface area contributed by atoms with Gasteiger partial charge in [-0.05, 0) is 49.4 Å². The van der Waals surface area contributed by atoms with E-state index >= 15 is 0 Å². The van der Waals surface area contributed by atoms with E-state index in [2.05, 4.69) is 16.0 Å². The van der Waals surface area contributed by atoms with Crippen LogP contribution in [-0.2, 0) is 0 Å². The van der Waals surface area contributed by atoms with E-state index < -0.39 is 0 Å².